The predicted molar refractivity (Wildman–Crippen MR) is 136 cm³/mol. The lowest BCUT2D eigenvalue weighted by atomic mass is 9.86. The standard InChI is InChI=1S/C26H38F2N4O3S/c1-24(2,3)22-30-20-13-19(36(34)31-15-18(16-31)29-23(33)35-25(4,5)6)7-8-21(20)32(22)14-17-9-11-26(27,28)12-10-17/h7-8,13,17-18H,9-12,14-16H2,1-6H3,(H,29,33). The lowest BCUT2D eigenvalue weighted by molar-refractivity contribution is -0.0473. The molecule has 1 unspecified atom stereocenters. The number of carbonyl (C=O) groups excluding carboxylic acids is 1. The van der Waals surface area contributed by atoms with Gasteiger partial charge in [0.25, 0.3) is 0 Å². The highest BCUT2D eigenvalue weighted by atomic mass is 32.2. The number of alkyl carbamates (subject to hydrolysis) is 1. The fourth-order valence-electron chi connectivity index (χ4n) is 4.80. The Morgan fingerprint density at radius 2 is 1.81 bits per heavy atom. The number of nitrogens with zero attached hydrogens (tertiary/aromatic N) is 3. The molecule has 2 aromatic rings. The Bertz CT molecular complexity index is 1140. The van der Waals surface area contributed by atoms with E-state index < -0.39 is 28.6 Å². The molecule has 1 aliphatic heterocycles. The minimum Gasteiger partial charge on any atom is -0.444 e. The van der Waals surface area contributed by atoms with Crippen molar-refractivity contribution in [1.29, 1.82) is 0 Å². The van der Waals surface area contributed by atoms with Gasteiger partial charge in [0.15, 0.2) is 0 Å². The van der Waals surface area contributed by atoms with Gasteiger partial charge < -0.3 is 14.6 Å². The number of amides is 1. The summed E-state index contributed by atoms with van der Waals surface area (Å²) in [6, 6.07) is 5.55. The lowest BCUT2D eigenvalue weighted by Gasteiger charge is -2.38. The third-order valence-electron chi connectivity index (χ3n) is 6.67. The molecule has 7 nitrogen and oxygen atoms in total. The molecular weight excluding hydrogens is 486 g/mol. The van der Waals surface area contributed by atoms with Crippen molar-refractivity contribution in [3.8, 4) is 0 Å². The summed E-state index contributed by atoms with van der Waals surface area (Å²) in [6.07, 6.45) is 0.425. The Morgan fingerprint density at radius 1 is 1.17 bits per heavy atom. The summed E-state index contributed by atoms with van der Waals surface area (Å²) in [6.45, 7) is 13.3. The van der Waals surface area contributed by atoms with Crippen LogP contribution < -0.4 is 5.32 Å². The molecule has 0 spiro atoms. The molecule has 0 bridgehead atoms. The van der Waals surface area contributed by atoms with Crippen molar-refractivity contribution in [2.75, 3.05) is 13.1 Å². The highest BCUT2D eigenvalue weighted by Gasteiger charge is 2.36. The van der Waals surface area contributed by atoms with Crippen LogP contribution in [0.25, 0.3) is 11.0 Å². The number of nitrogens with one attached hydrogen (secondary N) is 1. The Kier molecular flexibility index (Phi) is 7.24. The number of aromatic nitrogens is 2. The molecule has 1 amide bonds. The Morgan fingerprint density at radius 3 is 2.39 bits per heavy atom. The van der Waals surface area contributed by atoms with Crippen molar-refractivity contribution in [2.45, 2.75) is 102 Å². The number of carbonyl (C=O) groups is 1. The van der Waals surface area contributed by atoms with Gasteiger partial charge in [-0.3, -0.25) is 0 Å². The third kappa shape index (κ3) is 6.25. The van der Waals surface area contributed by atoms with Gasteiger partial charge in [-0.05, 0) is 57.7 Å². The van der Waals surface area contributed by atoms with Crippen LogP contribution in [0, 0.1) is 5.92 Å². The average Bonchev–Trinajstić information content (AvgIpc) is 3.08. The molecule has 10 heteroatoms. The zero-order valence-corrected chi connectivity index (χ0v) is 22.9. The first-order valence-electron chi connectivity index (χ1n) is 12.7. The highest BCUT2D eigenvalue weighted by Crippen LogP contribution is 2.38. The van der Waals surface area contributed by atoms with Gasteiger partial charge >= 0.3 is 6.09 Å². The molecule has 1 N–H and O–H groups in total. The average molecular weight is 525 g/mol. The van der Waals surface area contributed by atoms with Crippen LogP contribution in [0.3, 0.4) is 0 Å². The van der Waals surface area contributed by atoms with E-state index in [1.165, 1.54) is 0 Å². The monoisotopic (exact) mass is 524 g/mol. The van der Waals surface area contributed by atoms with Crippen molar-refractivity contribution in [2.24, 2.45) is 5.92 Å². The maximum atomic E-state index is 13.7. The van der Waals surface area contributed by atoms with Gasteiger partial charge in [-0.1, -0.05) is 20.8 Å². The summed E-state index contributed by atoms with van der Waals surface area (Å²) < 4.78 is 49.8. The van der Waals surface area contributed by atoms with E-state index >= 15 is 0 Å². The van der Waals surface area contributed by atoms with Gasteiger partial charge in [0.1, 0.15) is 22.4 Å². The van der Waals surface area contributed by atoms with E-state index in [1.54, 1.807) is 4.31 Å². The predicted octanol–water partition coefficient (Wildman–Crippen LogP) is 5.39. The number of rotatable bonds is 5. The van der Waals surface area contributed by atoms with E-state index in [1.807, 2.05) is 39.0 Å². The van der Waals surface area contributed by atoms with E-state index in [4.69, 9.17) is 9.72 Å². The van der Waals surface area contributed by atoms with Crippen molar-refractivity contribution < 1.29 is 22.5 Å². The van der Waals surface area contributed by atoms with Crippen molar-refractivity contribution in [3.63, 3.8) is 0 Å². The summed E-state index contributed by atoms with van der Waals surface area (Å²) >= 11 is 0. The zero-order chi connectivity index (χ0) is 26.5. The summed E-state index contributed by atoms with van der Waals surface area (Å²) in [7, 11) is -1.38. The second kappa shape index (κ2) is 9.67. The van der Waals surface area contributed by atoms with Gasteiger partial charge in [-0.2, -0.15) is 0 Å². The quantitative estimate of drug-likeness (QED) is 0.569. The molecule has 36 heavy (non-hydrogen) atoms. The van der Waals surface area contributed by atoms with Crippen molar-refractivity contribution in [3.05, 3.63) is 24.0 Å². The van der Waals surface area contributed by atoms with Crippen LogP contribution in [0.15, 0.2) is 23.1 Å². The Labute approximate surface area is 214 Å². The Balaban J connectivity index is 1.47. The molecule has 1 aliphatic carbocycles. The first-order chi connectivity index (χ1) is 16.6. The van der Waals surface area contributed by atoms with Gasteiger partial charge in [0, 0.05) is 37.9 Å². The van der Waals surface area contributed by atoms with E-state index in [-0.39, 0.29) is 30.2 Å². The van der Waals surface area contributed by atoms with E-state index in [9.17, 15) is 17.8 Å². The molecule has 2 heterocycles. The highest BCUT2D eigenvalue weighted by molar-refractivity contribution is 7.82. The molecule has 2 aliphatic rings. The van der Waals surface area contributed by atoms with E-state index in [0.717, 1.165) is 16.9 Å². The van der Waals surface area contributed by atoms with Gasteiger partial charge in [0.2, 0.25) is 5.92 Å². The summed E-state index contributed by atoms with van der Waals surface area (Å²) in [5, 5.41) is 2.81. The van der Waals surface area contributed by atoms with Crippen LogP contribution in [-0.2, 0) is 27.7 Å². The number of alkyl halides is 2. The van der Waals surface area contributed by atoms with Crippen LogP contribution in [0.4, 0.5) is 13.6 Å². The normalized spacial score (nSPS) is 20.8. The zero-order valence-electron chi connectivity index (χ0n) is 22.1. The molecule has 4 rings (SSSR count). The van der Waals surface area contributed by atoms with Gasteiger partial charge in [0.05, 0.1) is 22.0 Å². The number of hydrogen-bond donors (Lipinski definition) is 1. The topological polar surface area (TPSA) is 76.5 Å². The molecule has 0 radical (unpaired) electrons. The van der Waals surface area contributed by atoms with Crippen LogP contribution in [0.2, 0.25) is 0 Å². The molecule has 1 atom stereocenters. The summed E-state index contributed by atoms with van der Waals surface area (Å²) in [5.74, 6) is -1.45. The number of benzene rings is 1. The lowest BCUT2D eigenvalue weighted by Crippen LogP contribution is -2.59. The fraction of sp³-hybridized carbons (Fsp3) is 0.692. The van der Waals surface area contributed by atoms with E-state index in [2.05, 4.69) is 30.7 Å². The molecule has 200 valence electrons. The number of imidazole rings is 1. The fourth-order valence-corrected chi connectivity index (χ4v) is 6.13. The number of halogens is 2. The molecule has 1 saturated carbocycles. The van der Waals surface area contributed by atoms with Crippen LogP contribution in [0.1, 0.15) is 73.1 Å². The SMILES string of the molecule is CC(C)(C)OC(=O)NC1CN(S(=O)c2ccc3c(c2)nc(C(C)(C)C)n3CC2CCC(F)(F)CC2)C1. The van der Waals surface area contributed by atoms with Crippen LogP contribution in [0.5, 0.6) is 0 Å². The summed E-state index contributed by atoms with van der Waals surface area (Å²) in [4.78, 5) is 17.5. The minimum atomic E-state index is -2.54. The van der Waals surface area contributed by atoms with Crippen LogP contribution in [-0.4, -0.2) is 54.8 Å². The molecular formula is C26H38F2N4O3S. The smallest absolute Gasteiger partial charge is 0.407 e. The number of fused-ring (bicyclic) bond motifs is 1. The molecule has 1 aromatic heterocycles. The van der Waals surface area contributed by atoms with Gasteiger partial charge in [-0.25, -0.2) is 27.1 Å². The maximum Gasteiger partial charge on any atom is 0.407 e. The second-order valence-corrected chi connectivity index (χ2v) is 13.7. The van der Waals surface area contributed by atoms with E-state index in [0.29, 0.717) is 37.4 Å². The summed E-state index contributed by atoms with van der Waals surface area (Å²) in [5.41, 5.74) is 0.903. The van der Waals surface area contributed by atoms with Crippen molar-refractivity contribution in [1.82, 2.24) is 19.2 Å². The first-order valence-corrected chi connectivity index (χ1v) is 13.8. The minimum absolute atomic E-state index is 0.0576. The molecule has 1 aromatic carbocycles. The first kappa shape index (κ1) is 27.0. The molecule has 1 saturated heterocycles. The van der Waals surface area contributed by atoms with Gasteiger partial charge in [-0.15, -0.1) is 0 Å². The van der Waals surface area contributed by atoms with Crippen LogP contribution >= 0.6 is 0 Å². The van der Waals surface area contributed by atoms with Crippen molar-refractivity contribution >= 4 is 28.1 Å². The number of hydrogen-bond acceptors (Lipinski definition) is 4. The largest absolute Gasteiger partial charge is 0.444 e. The maximum absolute atomic E-state index is 13.7. The Hall–Kier alpha value is -2.07. The number of ether oxygens (including phenoxy) is 1. The second-order valence-electron chi connectivity index (χ2n) is 12.2. The molecule has 2 fully saturated rings. The third-order valence-corrected chi connectivity index (χ3v) is 8.10.